The number of nitrogens with zero attached hydrogens (tertiary/aromatic N) is 3. The molecule has 0 atom stereocenters. The zero-order valence-corrected chi connectivity index (χ0v) is 20.3. The predicted octanol–water partition coefficient (Wildman–Crippen LogP) is 6.43. The van der Waals surface area contributed by atoms with Gasteiger partial charge in [0.05, 0.1) is 11.5 Å². The second kappa shape index (κ2) is 11.4. The maximum Gasteiger partial charge on any atom is 0.234 e. The number of thioether (sulfide) groups is 2. The van der Waals surface area contributed by atoms with Crippen molar-refractivity contribution < 1.29 is 4.79 Å². The summed E-state index contributed by atoms with van der Waals surface area (Å²) >= 11 is 9.08. The number of rotatable bonds is 10. The Bertz CT molecular complexity index is 1260. The number of fused-ring (bicyclic) bond motifs is 1. The van der Waals surface area contributed by atoms with E-state index in [4.69, 9.17) is 11.6 Å². The summed E-state index contributed by atoms with van der Waals surface area (Å²) < 4.78 is 2.01. The third kappa shape index (κ3) is 6.41. The number of halogens is 1. The van der Waals surface area contributed by atoms with Gasteiger partial charge in [-0.1, -0.05) is 71.9 Å². The summed E-state index contributed by atoms with van der Waals surface area (Å²) in [5.74, 6) is 2.61. The van der Waals surface area contributed by atoms with E-state index in [0.717, 1.165) is 33.1 Å². The minimum Gasteiger partial charge on any atom is -0.325 e. The maximum atomic E-state index is 12.5. The maximum absolute atomic E-state index is 12.5. The fourth-order valence-corrected chi connectivity index (χ4v) is 5.10. The van der Waals surface area contributed by atoms with Crippen molar-refractivity contribution in [3.8, 4) is 0 Å². The van der Waals surface area contributed by atoms with Gasteiger partial charge in [0.2, 0.25) is 5.91 Å². The van der Waals surface area contributed by atoms with E-state index in [9.17, 15) is 4.79 Å². The largest absolute Gasteiger partial charge is 0.325 e. The molecular weight excluding hydrogens is 472 g/mol. The number of allylic oxidation sites excluding steroid dienone is 1. The molecule has 1 N–H and O–H groups in total. The predicted molar refractivity (Wildman–Crippen MR) is 140 cm³/mol. The van der Waals surface area contributed by atoms with E-state index in [1.807, 2.05) is 71.3 Å². The molecule has 1 amide bonds. The number of benzene rings is 3. The molecule has 0 aliphatic heterocycles. The number of anilines is 1. The standard InChI is InChI=1S/C25H23ClN4OS2/c1-2-13-30-23(16-32-15-18-7-10-21(26)11-8-18)28-29-25(30)33-17-24(31)27-22-12-9-19-5-3-4-6-20(19)14-22/h2-12,14H,1,13,15-17H2,(H,27,31). The average Bonchev–Trinajstić information content (AvgIpc) is 3.20. The first-order valence-electron chi connectivity index (χ1n) is 10.4. The van der Waals surface area contributed by atoms with Crippen molar-refractivity contribution in [2.24, 2.45) is 0 Å². The first-order chi connectivity index (χ1) is 16.1. The van der Waals surface area contributed by atoms with E-state index in [1.165, 1.54) is 17.3 Å². The molecule has 168 valence electrons. The Labute approximate surface area is 206 Å². The van der Waals surface area contributed by atoms with Crippen LogP contribution in [0.15, 0.2) is 84.5 Å². The molecule has 4 aromatic rings. The minimum absolute atomic E-state index is 0.0814. The van der Waals surface area contributed by atoms with Crippen molar-refractivity contribution in [3.05, 3.63) is 95.8 Å². The highest BCUT2D eigenvalue weighted by atomic mass is 35.5. The SMILES string of the molecule is C=CCn1c(CSCc2ccc(Cl)cc2)nnc1SCC(=O)Nc1ccc2ccccc2c1. The van der Waals surface area contributed by atoms with Gasteiger partial charge >= 0.3 is 0 Å². The molecule has 5 nitrogen and oxygen atoms in total. The molecule has 0 saturated carbocycles. The summed E-state index contributed by atoms with van der Waals surface area (Å²) in [5, 5.41) is 15.3. The van der Waals surface area contributed by atoms with E-state index >= 15 is 0 Å². The van der Waals surface area contributed by atoms with Gasteiger partial charge in [-0.2, -0.15) is 0 Å². The first kappa shape index (κ1) is 23.4. The van der Waals surface area contributed by atoms with Crippen LogP contribution in [0.4, 0.5) is 5.69 Å². The lowest BCUT2D eigenvalue weighted by Gasteiger charge is -2.09. The van der Waals surface area contributed by atoms with Crippen LogP contribution in [0.25, 0.3) is 10.8 Å². The molecule has 0 radical (unpaired) electrons. The molecule has 1 aromatic heterocycles. The molecule has 0 fully saturated rings. The van der Waals surface area contributed by atoms with Crippen molar-refractivity contribution in [2.45, 2.75) is 23.2 Å². The number of nitrogens with one attached hydrogen (secondary N) is 1. The molecule has 0 spiro atoms. The van der Waals surface area contributed by atoms with Gasteiger partial charge in [0, 0.05) is 23.0 Å². The summed E-state index contributed by atoms with van der Waals surface area (Å²) in [5.41, 5.74) is 1.99. The number of hydrogen-bond donors (Lipinski definition) is 1. The van der Waals surface area contributed by atoms with Crippen LogP contribution in [-0.2, 0) is 22.8 Å². The van der Waals surface area contributed by atoms with E-state index in [-0.39, 0.29) is 11.7 Å². The van der Waals surface area contributed by atoms with Crippen LogP contribution < -0.4 is 5.32 Å². The molecular formula is C25H23ClN4OS2. The van der Waals surface area contributed by atoms with Gasteiger partial charge in [0.15, 0.2) is 5.16 Å². The summed E-state index contributed by atoms with van der Waals surface area (Å²) in [6, 6.07) is 21.8. The van der Waals surface area contributed by atoms with Crippen molar-refractivity contribution in [1.29, 1.82) is 0 Å². The van der Waals surface area contributed by atoms with Crippen molar-refractivity contribution in [1.82, 2.24) is 14.8 Å². The second-order valence-corrected chi connectivity index (χ2v) is 9.68. The van der Waals surface area contributed by atoms with Crippen LogP contribution in [0.5, 0.6) is 0 Å². The Morgan fingerprint density at radius 1 is 1.03 bits per heavy atom. The summed E-state index contributed by atoms with van der Waals surface area (Å²) in [6.45, 7) is 4.44. The van der Waals surface area contributed by atoms with Crippen LogP contribution in [0.1, 0.15) is 11.4 Å². The smallest absolute Gasteiger partial charge is 0.234 e. The van der Waals surface area contributed by atoms with E-state index < -0.39 is 0 Å². The highest BCUT2D eigenvalue weighted by Gasteiger charge is 2.14. The van der Waals surface area contributed by atoms with Crippen molar-refractivity contribution in [2.75, 3.05) is 11.1 Å². The van der Waals surface area contributed by atoms with Crippen LogP contribution in [-0.4, -0.2) is 26.4 Å². The van der Waals surface area contributed by atoms with Crippen LogP contribution >= 0.6 is 35.1 Å². The van der Waals surface area contributed by atoms with Gasteiger partial charge < -0.3 is 9.88 Å². The number of amides is 1. The van der Waals surface area contributed by atoms with Crippen molar-refractivity contribution in [3.63, 3.8) is 0 Å². The van der Waals surface area contributed by atoms with Gasteiger partial charge in [-0.05, 0) is 40.6 Å². The molecule has 0 aliphatic carbocycles. The lowest BCUT2D eigenvalue weighted by atomic mass is 10.1. The molecule has 0 aliphatic rings. The summed E-state index contributed by atoms with van der Waals surface area (Å²) in [7, 11) is 0. The zero-order chi connectivity index (χ0) is 23.0. The molecule has 0 bridgehead atoms. The average molecular weight is 495 g/mol. The highest BCUT2D eigenvalue weighted by molar-refractivity contribution is 7.99. The van der Waals surface area contributed by atoms with Gasteiger partial charge in [-0.15, -0.1) is 28.5 Å². The lowest BCUT2D eigenvalue weighted by Crippen LogP contribution is -2.14. The Balaban J connectivity index is 1.33. The Morgan fingerprint density at radius 2 is 1.82 bits per heavy atom. The van der Waals surface area contributed by atoms with E-state index in [1.54, 1.807) is 11.8 Å². The summed E-state index contributed by atoms with van der Waals surface area (Å²) in [4.78, 5) is 12.5. The molecule has 0 unspecified atom stereocenters. The lowest BCUT2D eigenvalue weighted by molar-refractivity contribution is -0.113. The molecule has 8 heteroatoms. The minimum atomic E-state index is -0.0814. The third-order valence-electron chi connectivity index (χ3n) is 4.88. The van der Waals surface area contributed by atoms with E-state index in [2.05, 4.69) is 28.2 Å². The van der Waals surface area contributed by atoms with Gasteiger partial charge in [0.1, 0.15) is 5.82 Å². The first-order valence-corrected chi connectivity index (χ1v) is 12.9. The van der Waals surface area contributed by atoms with Gasteiger partial charge in [0.25, 0.3) is 0 Å². The molecule has 3 aromatic carbocycles. The number of hydrogen-bond acceptors (Lipinski definition) is 5. The normalized spacial score (nSPS) is 10.9. The van der Waals surface area contributed by atoms with Crippen molar-refractivity contribution >= 4 is 57.5 Å². The molecule has 1 heterocycles. The molecule has 33 heavy (non-hydrogen) atoms. The topological polar surface area (TPSA) is 59.8 Å². The highest BCUT2D eigenvalue weighted by Crippen LogP contribution is 2.23. The Morgan fingerprint density at radius 3 is 2.61 bits per heavy atom. The fraction of sp³-hybridized carbons (Fsp3) is 0.160. The third-order valence-corrected chi connectivity index (χ3v) is 7.10. The van der Waals surface area contributed by atoms with Gasteiger partial charge in [-0.3, -0.25) is 4.79 Å². The van der Waals surface area contributed by atoms with Crippen LogP contribution in [0, 0.1) is 0 Å². The Kier molecular flexibility index (Phi) is 8.10. The van der Waals surface area contributed by atoms with Gasteiger partial charge in [-0.25, -0.2) is 0 Å². The zero-order valence-electron chi connectivity index (χ0n) is 17.9. The number of aromatic nitrogens is 3. The monoisotopic (exact) mass is 494 g/mol. The van der Waals surface area contributed by atoms with Crippen LogP contribution in [0.3, 0.4) is 0 Å². The fourth-order valence-electron chi connectivity index (χ4n) is 3.28. The number of carbonyl (C=O) groups excluding carboxylic acids is 1. The molecule has 4 rings (SSSR count). The number of carbonyl (C=O) groups is 1. The Hall–Kier alpha value is -2.74. The quantitative estimate of drug-likeness (QED) is 0.203. The van der Waals surface area contributed by atoms with E-state index in [0.29, 0.717) is 17.5 Å². The van der Waals surface area contributed by atoms with Crippen LogP contribution in [0.2, 0.25) is 5.02 Å². The summed E-state index contributed by atoms with van der Waals surface area (Å²) in [6.07, 6.45) is 1.82. The second-order valence-electron chi connectivity index (χ2n) is 7.32. The molecule has 0 saturated heterocycles.